The molecule has 1 aliphatic carbocycles. The molecule has 4 heteroatoms. The molecule has 3 atom stereocenters. The SMILES string of the molecule is CCNC(CN1C(=O)C2CCCC2C1=O)C(C)C. The fourth-order valence-corrected chi connectivity index (χ4v) is 3.21. The highest BCUT2D eigenvalue weighted by atomic mass is 16.2. The number of hydrogen-bond acceptors (Lipinski definition) is 3. The number of nitrogens with zero attached hydrogens (tertiary/aromatic N) is 1. The summed E-state index contributed by atoms with van der Waals surface area (Å²) < 4.78 is 0. The van der Waals surface area contributed by atoms with Gasteiger partial charge in [0, 0.05) is 12.6 Å². The zero-order valence-corrected chi connectivity index (χ0v) is 11.6. The Labute approximate surface area is 109 Å². The van der Waals surface area contributed by atoms with E-state index < -0.39 is 0 Å². The van der Waals surface area contributed by atoms with E-state index >= 15 is 0 Å². The minimum absolute atomic E-state index is 0.00746. The number of hydrogen-bond donors (Lipinski definition) is 1. The second kappa shape index (κ2) is 5.39. The second-order valence-corrected chi connectivity index (χ2v) is 5.84. The van der Waals surface area contributed by atoms with Crippen LogP contribution < -0.4 is 5.32 Å². The van der Waals surface area contributed by atoms with Crippen LogP contribution in [0.2, 0.25) is 0 Å². The highest BCUT2D eigenvalue weighted by molar-refractivity contribution is 6.05. The minimum Gasteiger partial charge on any atom is -0.312 e. The first-order valence-corrected chi connectivity index (χ1v) is 7.14. The zero-order valence-electron chi connectivity index (χ0n) is 11.6. The molecular weight excluding hydrogens is 228 g/mol. The maximum Gasteiger partial charge on any atom is 0.233 e. The third-order valence-electron chi connectivity index (χ3n) is 4.33. The topological polar surface area (TPSA) is 49.4 Å². The number of likely N-dealkylation sites (tertiary alicyclic amines) is 1. The molecule has 0 aromatic rings. The summed E-state index contributed by atoms with van der Waals surface area (Å²) in [5.41, 5.74) is 0. The number of carbonyl (C=O) groups is 2. The normalized spacial score (nSPS) is 29.2. The summed E-state index contributed by atoms with van der Waals surface area (Å²) in [6.07, 6.45) is 2.83. The molecule has 102 valence electrons. The van der Waals surface area contributed by atoms with Crippen molar-refractivity contribution < 1.29 is 9.59 Å². The quantitative estimate of drug-likeness (QED) is 0.753. The summed E-state index contributed by atoms with van der Waals surface area (Å²) >= 11 is 0. The van der Waals surface area contributed by atoms with Crippen molar-refractivity contribution in [2.75, 3.05) is 13.1 Å². The van der Waals surface area contributed by atoms with Crippen LogP contribution in [0.3, 0.4) is 0 Å². The molecule has 0 bridgehead atoms. The smallest absolute Gasteiger partial charge is 0.233 e. The Bertz CT molecular complexity index is 319. The van der Waals surface area contributed by atoms with Crippen molar-refractivity contribution in [3.8, 4) is 0 Å². The lowest BCUT2D eigenvalue weighted by Crippen LogP contribution is -2.46. The van der Waals surface area contributed by atoms with Crippen LogP contribution in [-0.4, -0.2) is 35.8 Å². The largest absolute Gasteiger partial charge is 0.312 e. The van der Waals surface area contributed by atoms with Crippen LogP contribution >= 0.6 is 0 Å². The van der Waals surface area contributed by atoms with E-state index in [1.54, 1.807) is 0 Å². The van der Waals surface area contributed by atoms with Crippen LogP contribution in [0.5, 0.6) is 0 Å². The number of carbonyl (C=O) groups excluding carboxylic acids is 2. The van der Waals surface area contributed by atoms with Crippen molar-refractivity contribution >= 4 is 11.8 Å². The van der Waals surface area contributed by atoms with E-state index in [4.69, 9.17) is 0 Å². The van der Waals surface area contributed by atoms with Gasteiger partial charge in [-0.05, 0) is 25.3 Å². The van der Waals surface area contributed by atoms with E-state index in [1.165, 1.54) is 4.90 Å². The number of imide groups is 1. The van der Waals surface area contributed by atoms with E-state index in [-0.39, 0.29) is 29.7 Å². The maximum atomic E-state index is 12.2. The highest BCUT2D eigenvalue weighted by Gasteiger charge is 2.49. The summed E-state index contributed by atoms with van der Waals surface area (Å²) in [6, 6.07) is 0.210. The highest BCUT2D eigenvalue weighted by Crippen LogP contribution is 2.39. The number of amides is 2. The summed E-state index contributed by atoms with van der Waals surface area (Å²) in [7, 11) is 0. The Morgan fingerprint density at radius 2 is 1.78 bits per heavy atom. The molecule has 0 spiro atoms. The van der Waals surface area contributed by atoms with Gasteiger partial charge >= 0.3 is 0 Å². The predicted octanol–water partition coefficient (Wildman–Crippen LogP) is 1.41. The van der Waals surface area contributed by atoms with Crippen LogP contribution in [0.25, 0.3) is 0 Å². The molecule has 4 nitrogen and oxygen atoms in total. The van der Waals surface area contributed by atoms with Gasteiger partial charge in [-0.2, -0.15) is 0 Å². The molecule has 2 fully saturated rings. The minimum atomic E-state index is -0.00746. The molecule has 1 aliphatic heterocycles. The van der Waals surface area contributed by atoms with Gasteiger partial charge in [0.05, 0.1) is 11.8 Å². The van der Waals surface area contributed by atoms with Crippen LogP contribution in [0.15, 0.2) is 0 Å². The van der Waals surface area contributed by atoms with Crippen LogP contribution in [0.1, 0.15) is 40.0 Å². The van der Waals surface area contributed by atoms with Crippen molar-refractivity contribution in [2.45, 2.75) is 46.1 Å². The summed E-state index contributed by atoms with van der Waals surface area (Å²) in [4.78, 5) is 26.0. The molecule has 0 radical (unpaired) electrons. The van der Waals surface area contributed by atoms with Gasteiger partial charge in [0.25, 0.3) is 0 Å². The fourth-order valence-electron chi connectivity index (χ4n) is 3.21. The van der Waals surface area contributed by atoms with Crippen molar-refractivity contribution in [3.63, 3.8) is 0 Å². The number of nitrogens with one attached hydrogen (secondary N) is 1. The third-order valence-corrected chi connectivity index (χ3v) is 4.33. The molecule has 2 amide bonds. The predicted molar refractivity (Wildman–Crippen MR) is 69.9 cm³/mol. The van der Waals surface area contributed by atoms with Gasteiger partial charge in [0.2, 0.25) is 11.8 Å². The lowest BCUT2D eigenvalue weighted by atomic mass is 10.00. The molecule has 3 unspecified atom stereocenters. The Kier molecular flexibility index (Phi) is 4.05. The molecule has 1 saturated heterocycles. The van der Waals surface area contributed by atoms with E-state index in [2.05, 4.69) is 26.1 Å². The molecule has 1 heterocycles. The van der Waals surface area contributed by atoms with Gasteiger partial charge in [-0.25, -0.2) is 0 Å². The van der Waals surface area contributed by atoms with Crippen molar-refractivity contribution in [1.82, 2.24) is 10.2 Å². The number of likely N-dealkylation sites (N-methyl/N-ethyl adjacent to an activating group) is 1. The van der Waals surface area contributed by atoms with Crippen molar-refractivity contribution in [3.05, 3.63) is 0 Å². The van der Waals surface area contributed by atoms with Crippen LogP contribution in [0, 0.1) is 17.8 Å². The lowest BCUT2D eigenvalue weighted by molar-refractivity contribution is -0.140. The molecule has 2 aliphatic rings. The number of rotatable bonds is 5. The second-order valence-electron chi connectivity index (χ2n) is 5.84. The van der Waals surface area contributed by atoms with Crippen molar-refractivity contribution in [2.24, 2.45) is 17.8 Å². The van der Waals surface area contributed by atoms with Gasteiger partial charge in [0.15, 0.2) is 0 Å². The monoisotopic (exact) mass is 252 g/mol. The van der Waals surface area contributed by atoms with Gasteiger partial charge in [-0.15, -0.1) is 0 Å². The Morgan fingerprint density at radius 3 is 2.22 bits per heavy atom. The molecule has 1 saturated carbocycles. The van der Waals surface area contributed by atoms with E-state index in [9.17, 15) is 9.59 Å². The first-order valence-electron chi connectivity index (χ1n) is 7.14. The maximum absolute atomic E-state index is 12.2. The molecule has 0 aromatic heterocycles. The van der Waals surface area contributed by atoms with Gasteiger partial charge in [-0.3, -0.25) is 14.5 Å². The summed E-state index contributed by atoms with van der Waals surface area (Å²) in [5.74, 6) is 0.557. The van der Waals surface area contributed by atoms with Gasteiger partial charge in [0.1, 0.15) is 0 Å². The number of fused-ring (bicyclic) bond motifs is 1. The molecule has 2 rings (SSSR count). The standard InChI is InChI=1S/C14H24N2O2/c1-4-15-12(9(2)3)8-16-13(17)10-6-5-7-11(10)14(16)18/h9-12,15H,4-8H2,1-3H3. The molecule has 18 heavy (non-hydrogen) atoms. The Balaban J connectivity index is 2.05. The van der Waals surface area contributed by atoms with Crippen LogP contribution in [-0.2, 0) is 9.59 Å². The van der Waals surface area contributed by atoms with Crippen LogP contribution in [0.4, 0.5) is 0 Å². The zero-order chi connectivity index (χ0) is 13.3. The third kappa shape index (κ3) is 2.30. The fraction of sp³-hybridized carbons (Fsp3) is 0.857. The first-order chi connectivity index (χ1) is 8.56. The molecular formula is C14H24N2O2. The lowest BCUT2D eigenvalue weighted by Gasteiger charge is -2.26. The summed E-state index contributed by atoms with van der Waals surface area (Å²) in [5, 5.41) is 3.37. The first kappa shape index (κ1) is 13.5. The van der Waals surface area contributed by atoms with E-state index in [0.29, 0.717) is 12.5 Å². The van der Waals surface area contributed by atoms with E-state index in [1.807, 2.05) is 0 Å². The Hall–Kier alpha value is -0.900. The summed E-state index contributed by atoms with van der Waals surface area (Å²) in [6.45, 7) is 7.71. The average molecular weight is 252 g/mol. The van der Waals surface area contributed by atoms with Gasteiger partial charge < -0.3 is 5.32 Å². The molecule has 1 N–H and O–H groups in total. The molecule has 0 aromatic carbocycles. The van der Waals surface area contributed by atoms with Gasteiger partial charge in [-0.1, -0.05) is 27.2 Å². The Morgan fingerprint density at radius 1 is 1.22 bits per heavy atom. The average Bonchev–Trinajstić information content (AvgIpc) is 2.88. The van der Waals surface area contributed by atoms with Crippen molar-refractivity contribution in [1.29, 1.82) is 0 Å². The van der Waals surface area contributed by atoms with E-state index in [0.717, 1.165) is 25.8 Å².